The summed E-state index contributed by atoms with van der Waals surface area (Å²) in [6.45, 7) is 0.263. The van der Waals surface area contributed by atoms with Gasteiger partial charge in [-0.3, -0.25) is 19.6 Å². The van der Waals surface area contributed by atoms with Gasteiger partial charge in [-0.05, 0) is 65.8 Å². The van der Waals surface area contributed by atoms with Gasteiger partial charge in [-0.2, -0.15) is 0 Å². The highest BCUT2D eigenvalue weighted by atomic mass is 19.1. The monoisotopic (exact) mass is 440 g/mol. The van der Waals surface area contributed by atoms with Crippen molar-refractivity contribution in [3.05, 3.63) is 102 Å². The molecule has 2 aromatic heterocycles. The molecule has 1 fully saturated rings. The Labute approximate surface area is 189 Å². The van der Waals surface area contributed by atoms with E-state index in [1.807, 2.05) is 30.3 Å². The molecule has 0 bridgehead atoms. The zero-order chi connectivity index (χ0) is 22.8. The van der Waals surface area contributed by atoms with Gasteiger partial charge in [-0.1, -0.05) is 18.2 Å². The Morgan fingerprint density at radius 2 is 1.91 bits per heavy atom. The normalized spacial score (nSPS) is 16.9. The molecular formula is C26H21FN4O2. The molecule has 2 amide bonds. The predicted molar refractivity (Wildman–Crippen MR) is 123 cm³/mol. The number of rotatable bonds is 6. The largest absolute Gasteiger partial charge is 0.346 e. The molecule has 5 rings (SSSR count). The highest BCUT2D eigenvalue weighted by Gasteiger charge is 2.45. The summed E-state index contributed by atoms with van der Waals surface area (Å²) in [5, 5.41) is 7.64. The fraction of sp³-hybridized carbons (Fsp3) is 0.154. The molecule has 2 N–H and O–H groups in total. The SMILES string of the molecule is O=C(NCc1ccccn1)c1ccc(C2CC2C(=O)Nc2ccc3cnccc3c2)c(F)c1. The summed E-state index contributed by atoms with van der Waals surface area (Å²) >= 11 is 0. The maximum Gasteiger partial charge on any atom is 0.251 e. The van der Waals surface area contributed by atoms with E-state index in [4.69, 9.17) is 0 Å². The summed E-state index contributed by atoms with van der Waals surface area (Å²) in [6.07, 6.45) is 5.69. The average molecular weight is 440 g/mol. The first-order valence-electron chi connectivity index (χ1n) is 10.7. The van der Waals surface area contributed by atoms with E-state index < -0.39 is 5.82 Å². The Kier molecular flexibility index (Phi) is 5.52. The summed E-state index contributed by atoms with van der Waals surface area (Å²) in [7, 11) is 0. The van der Waals surface area contributed by atoms with Gasteiger partial charge in [-0.15, -0.1) is 0 Å². The summed E-state index contributed by atoms with van der Waals surface area (Å²) < 4.78 is 14.8. The Bertz CT molecular complexity index is 1340. The van der Waals surface area contributed by atoms with Crippen LogP contribution < -0.4 is 10.6 Å². The van der Waals surface area contributed by atoms with Crippen molar-refractivity contribution >= 4 is 28.3 Å². The van der Waals surface area contributed by atoms with Gasteiger partial charge in [0.25, 0.3) is 5.91 Å². The van der Waals surface area contributed by atoms with E-state index in [2.05, 4.69) is 20.6 Å². The van der Waals surface area contributed by atoms with Crippen LogP contribution >= 0.6 is 0 Å². The lowest BCUT2D eigenvalue weighted by Gasteiger charge is -2.08. The van der Waals surface area contributed by atoms with Gasteiger partial charge in [0.15, 0.2) is 0 Å². The lowest BCUT2D eigenvalue weighted by molar-refractivity contribution is -0.117. The first-order valence-corrected chi connectivity index (χ1v) is 10.7. The van der Waals surface area contributed by atoms with Crippen LogP contribution in [0.3, 0.4) is 0 Å². The molecule has 0 spiro atoms. The second-order valence-electron chi connectivity index (χ2n) is 8.12. The minimum atomic E-state index is -0.473. The number of halogens is 1. The van der Waals surface area contributed by atoms with Crippen LogP contribution in [-0.4, -0.2) is 21.8 Å². The van der Waals surface area contributed by atoms with Crippen molar-refractivity contribution in [2.75, 3.05) is 5.32 Å². The summed E-state index contributed by atoms with van der Waals surface area (Å²) in [6, 6.07) is 17.4. The van der Waals surface area contributed by atoms with Gasteiger partial charge >= 0.3 is 0 Å². The number of benzene rings is 2. The predicted octanol–water partition coefficient (Wildman–Crippen LogP) is 4.44. The molecule has 2 heterocycles. The fourth-order valence-electron chi connectivity index (χ4n) is 3.97. The van der Waals surface area contributed by atoms with Gasteiger partial charge in [0.1, 0.15) is 5.82 Å². The van der Waals surface area contributed by atoms with Gasteiger partial charge in [-0.25, -0.2) is 4.39 Å². The topological polar surface area (TPSA) is 84.0 Å². The van der Waals surface area contributed by atoms with Crippen LogP contribution in [0, 0.1) is 11.7 Å². The van der Waals surface area contributed by atoms with E-state index in [0.29, 0.717) is 17.7 Å². The second kappa shape index (κ2) is 8.78. The number of anilines is 1. The van der Waals surface area contributed by atoms with Crippen molar-refractivity contribution in [1.82, 2.24) is 15.3 Å². The van der Waals surface area contributed by atoms with Crippen molar-refractivity contribution in [3.63, 3.8) is 0 Å². The molecule has 0 aliphatic heterocycles. The molecule has 1 saturated carbocycles. The quantitative estimate of drug-likeness (QED) is 0.464. The van der Waals surface area contributed by atoms with E-state index >= 15 is 0 Å². The van der Waals surface area contributed by atoms with E-state index in [0.717, 1.165) is 16.5 Å². The molecule has 33 heavy (non-hydrogen) atoms. The maximum absolute atomic E-state index is 14.8. The summed E-state index contributed by atoms with van der Waals surface area (Å²) in [4.78, 5) is 33.3. The number of fused-ring (bicyclic) bond motifs is 1. The van der Waals surface area contributed by atoms with E-state index in [1.165, 1.54) is 6.07 Å². The van der Waals surface area contributed by atoms with Crippen molar-refractivity contribution < 1.29 is 14.0 Å². The fourth-order valence-corrected chi connectivity index (χ4v) is 3.97. The van der Waals surface area contributed by atoms with Crippen LogP contribution in [0.5, 0.6) is 0 Å². The number of carbonyl (C=O) groups excluding carboxylic acids is 2. The molecule has 164 valence electrons. The smallest absolute Gasteiger partial charge is 0.251 e. The van der Waals surface area contributed by atoms with E-state index in [1.54, 1.807) is 42.9 Å². The third-order valence-corrected chi connectivity index (χ3v) is 5.85. The number of hydrogen-bond acceptors (Lipinski definition) is 4. The zero-order valence-corrected chi connectivity index (χ0v) is 17.7. The number of carbonyl (C=O) groups is 2. The molecule has 7 heteroatoms. The Morgan fingerprint density at radius 3 is 2.73 bits per heavy atom. The van der Waals surface area contributed by atoms with Crippen LogP contribution in [0.25, 0.3) is 10.8 Å². The first-order chi connectivity index (χ1) is 16.1. The zero-order valence-electron chi connectivity index (χ0n) is 17.7. The highest BCUT2D eigenvalue weighted by Crippen LogP contribution is 2.49. The summed E-state index contributed by atoms with van der Waals surface area (Å²) in [5.41, 5.74) is 2.11. The third kappa shape index (κ3) is 4.57. The second-order valence-corrected chi connectivity index (χ2v) is 8.12. The molecule has 0 saturated heterocycles. The van der Waals surface area contributed by atoms with Crippen LogP contribution in [0.1, 0.15) is 34.0 Å². The Hall–Kier alpha value is -4.13. The maximum atomic E-state index is 14.8. The van der Waals surface area contributed by atoms with Crippen molar-refractivity contribution in [2.24, 2.45) is 5.92 Å². The number of nitrogens with zero attached hydrogens (tertiary/aromatic N) is 2. The number of hydrogen-bond donors (Lipinski definition) is 2. The lowest BCUT2D eigenvalue weighted by Crippen LogP contribution is -2.23. The van der Waals surface area contributed by atoms with E-state index in [-0.39, 0.29) is 35.8 Å². The molecule has 0 radical (unpaired) electrons. The number of amides is 2. The molecule has 6 nitrogen and oxygen atoms in total. The van der Waals surface area contributed by atoms with Crippen LogP contribution in [0.15, 0.2) is 79.3 Å². The molecule has 4 aromatic rings. The lowest BCUT2D eigenvalue weighted by atomic mass is 10.0. The molecule has 2 atom stereocenters. The third-order valence-electron chi connectivity index (χ3n) is 5.85. The average Bonchev–Trinajstić information content (AvgIpc) is 3.64. The minimum Gasteiger partial charge on any atom is -0.346 e. The Balaban J connectivity index is 1.21. The molecule has 2 aromatic carbocycles. The first kappa shape index (κ1) is 20.8. The minimum absolute atomic E-state index is 0.134. The van der Waals surface area contributed by atoms with Crippen LogP contribution in [-0.2, 0) is 11.3 Å². The molecule has 1 aliphatic carbocycles. The van der Waals surface area contributed by atoms with Gasteiger partial charge in [0.05, 0.1) is 12.2 Å². The van der Waals surface area contributed by atoms with Crippen molar-refractivity contribution in [3.8, 4) is 0 Å². The Morgan fingerprint density at radius 1 is 1.00 bits per heavy atom. The summed E-state index contributed by atoms with van der Waals surface area (Å²) in [5.74, 6) is -1.47. The highest BCUT2D eigenvalue weighted by molar-refractivity contribution is 5.97. The number of aromatic nitrogens is 2. The standard InChI is InChI=1S/C26H21FN4O2/c27-24-12-17(25(32)30-15-20-3-1-2-9-29-20)5-7-21(24)22-13-23(22)26(33)31-19-6-4-18-14-28-10-8-16(18)11-19/h1-12,14,22-23H,13,15H2,(H,30,32)(H,31,33). The molecule has 2 unspecified atom stereocenters. The van der Waals surface area contributed by atoms with Gasteiger partial charge in [0.2, 0.25) is 5.91 Å². The van der Waals surface area contributed by atoms with Gasteiger partial charge < -0.3 is 10.6 Å². The van der Waals surface area contributed by atoms with E-state index in [9.17, 15) is 14.0 Å². The van der Waals surface area contributed by atoms with Crippen LogP contribution in [0.4, 0.5) is 10.1 Å². The van der Waals surface area contributed by atoms with Crippen molar-refractivity contribution in [1.29, 1.82) is 0 Å². The number of pyridine rings is 2. The van der Waals surface area contributed by atoms with Crippen LogP contribution in [0.2, 0.25) is 0 Å². The molecular weight excluding hydrogens is 419 g/mol. The van der Waals surface area contributed by atoms with Gasteiger partial charge in [0, 0.05) is 41.1 Å². The van der Waals surface area contributed by atoms with Crippen molar-refractivity contribution in [2.45, 2.75) is 18.9 Å². The molecule has 1 aliphatic rings. The number of nitrogens with one attached hydrogen (secondary N) is 2.